The van der Waals surface area contributed by atoms with E-state index < -0.39 is 0 Å². The molecule has 0 aromatic heterocycles. The first-order valence-corrected chi connectivity index (χ1v) is 7.24. The van der Waals surface area contributed by atoms with E-state index in [2.05, 4.69) is 24.5 Å². The fourth-order valence-corrected chi connectivity index (χ4v) is 2.05. The fraction of sp³-hybridized carbons (Fsp3) is 0.533. The number of ether oxygens (including phenoxy) is 1. The number of benzene rings is 1. The highest BCUT2D eigenvalue weighted by atomic mass is 35.5. The summed E-state index contributed by atoms with van der Waals surface area (Å²) in [6, 6.07) is 5.90. The SMILES string of the molecule is COc1cccc(Cl)c1CNC(=O)CCCNC(C)C. The van der Waals surface area contributed by atoms with Gasteiger partial charge in [-0.1, -0.05) is 31.5 Å². The lowest BCUT2D eigenvalue weighted by molar-refractivity contribution is -0.121. The van der Waals surface area contributed by atoms with Crippen LogP contribution in [0.1, 0.15) is 32.3 Å². The third-order valence-corrected chi connectivity index (χ3v) is 3.25. The van der Waals surface area contributed by atoms with Gasteiger partial charge in [0.2, 0.25) is 5.91 Å². The molecule has 1 rings (SSSR count). The molecule has 1 amide bonds. The summed E-state index contributed by atoms with van der Waals surface area (Å²) in [6.07, 6.45) is 1.33. The van der Waals surface area contributed by atoms with Gasteiger partial charge in [-0.05, 0) is 25.1 Å². The molecule has 0 unspecified atom stereocenters. The number of methoxy groups -OCH3 is 1. The molecule has 0 bridgehead atoms. The van der Waals surface area contributed by atoms with Crippen molar-refractivity contribution in [1.82, 2.24) is 10.6 Å². The van der Waals surface area contributed by atoms with Gasteiger partial charge in [0.1, 0.15) is 5.75 Å². The predicted molar refractivity (Wildman–Crippen MR) is 82.2 cm³/mol. The van der Waals surface area contributed by atoms with E-state index in [1.807, 2.05) is 12.1 Å². The molecule has 20 heavy (non-hydrogen) atoms. The lowest BCUT2D eigenvalue weighted by Gasteiger charge is -2.12. The molecule has 0 radical (unpaired) electrons. The molecule has 0 aliphatic carbocycles. The normalized spacial score (nSPS) is 10.7. The highest BCUT2D eigenvalue weighted by Crippen LogP contribution is 2.25. The molecule has 4 nitrogen and oxygen atoms in total. The lowest BCUT2D eigenvalue weighted by Crippen LogP contribution is -2.27. The Kier molecular flexibility index (Phi) is 7.41. The van der Waals surface area contributed by atoms with E-state index in [0.29, 0.717) is 29.8 Å². The van der Waals surface area contributed by atoms with Crippen molar-refractivity contribution in [2.75, 3.05) is 13.7 Å². The van der Waals surface area contributed by atoms with Crippen LogP contribution in [0.4, 0.5) is 0 Å². The molecule has 0 saturated carbocycles. The number of hydrogen-bond acceptors (Lipinski definition) is 3. The number of rotatable bonds is 8. The van der Waals surface area contributed by atoms with Crippen LogP contribution < -0.4 is 15.4 Å². The molecular weight excluding hydrogens is 276 g/mol. The number of carbonyl (C=O) groups excluding carboxylic acids is 1. The van der Waals surface area contributed by atoms with Crippen molar-refractivity contribution < 1.29 is 9.53 Å². The average molecular weight is 299 g/mol. The van der Waals surface area contributed by atoms with Crippen LogP contribution in [0.25, 0.3) is 0 Å². The van der Waals surface area contributed by atoms with E-state index in [1.54, 1.807) is 13.2 Å². The molecule has 112 valence electrons. The number of amides is 1. The summed E-state index contributed by atoms with van der Waals surface area (Å²) in [5, 5.41) is 6.76. The van der Waals surface area contributed by atoms with E-state index in [0.717, 1.165) is 18.5 Å². The van der Waals surface area contributed by atoms with Crippen LogP contribution in [-0.4, -0.2) is 25.6 Å². The van der Waals surface area contributed by atoms with Crippen LogP contribution in [0.5, 0.6) is 5.75 Å². The second-order valence-electron chi connectivity index (χ2n) is 4.91. The zero-order valence-electron chi connectivity index (χ0n) is 12.3. The maximum Gasteiger partial charge on any atom is 0.220 e. The molecule has 0 aliphatic rings. The van der Waals surface area contributed by atoms with Gasteiger partial charge < -0.3 is 15.4 Å². The molecule has 1 aromatic rings. The maximum absolute atomic E-state index is 11.7. The van der Waals surface area contributed by atoms with Gasteiger partial charge in [0.05, 0.1) is 7.11 Å². The van der Waals surface area contributed by atoms with Crippen LogP contribution >= 0.6 is 11.6 Å². The first-order valence-electron chi connectivity index (χ1n) is 6.86. The van der Waals surface area contributed by atoms with Crippen LogP contribution in [0.3, 0.4) is 0 Å². The minimum Gasteiger partial charge on any atom is -0.496 e. The van der Waals surface area contributed by atoms with Gasteiger partial charge in [0.25, 0.3) is 0 Å². The zero-order chi connectivity index (χ0) is 15.0. The van der Waals surface area contributed by atoms with E-state index in [1.165, 1.54) is 0 Å². The van der Waals surface area contributed by atoms with Crippen LogP contribution in [0, 0.1) is 0 Å². The van der Waals surface area contributed by atoms with Gasteiger partial charge in [-0.15, -0.1) is 0 Å². The molecule has 0 heterocycles. The Morgan fingerprint density at radius 2 is 2.15 bits per heavy atom. The fourth-order valence-electron chi connectivity index (χ4n) is 1.82. The van der Waals surface area contributed by atoms with Gasteiger partial charge in [0.15, 0.2) is 0 Å². The number of hydrogen-bond donors (Lipinski definition) is 2. The third kappa shape index (κ3) is 5.80. The molecule has 0 fully saturated rings. The quantitative estimate of drug-likeness (QED) is 0.726. The molecular formula is C15H23ClN2O2. The Bertz CT molecular complexity index is 436. The molecule has 0 aliphatic heterocycles. The Labute approximate surface area is 125 Å². The zero-order valence-corrected chi connectivity index (χ0v) is 13.1. The topological polar surface area (TPSA) is 50.4 Å². The van der Waals surface area contributed by atoms with E-state index >= 15 is 0 Å². The highest BCUT2D eigenvalue weighted by molar-refractivity contribution is 6.31. The second-order valence-corrected chi connectivity index (χ2v) is 5.32. The Morgan fingerprint density at radius 3 is 2.80 bits per heavy atom. The third-order valence-electron chi connectivity index (χ3n) is 2.89. The summed E-state index contributed by atoms with van der Waals surface area (Å²) in [5.41, 5.74) is 0.810. The Balaban J connectivity index is 2.38. The van der Waals surface area contributed by atoms with Crippen molar-refractivity contribution in [2.24, 2.45) is 0 Å². The van der Waals surface area contributed by atoms with Crippen LogP contribution in [-0.2, 0) is 11.3 Å². The van der Waals surface area contributed by atoms with Gasteiger partial charge >= 0.3 is 0 Å². The van der Waals surface area contributed by atoms with Gasteiger partial charge in [-0.2, -0.15) is 0 Å². The van der Waals surface area contributed by atoms with Crippen LogP contribution in [0.15, 0.2) is 18.2 Å². The van der Waals surface area contributed by atoms with Gasteiger partial charge in [-0.3, -0.25) is 4.79 Å². The van der Waals surface area contributed by atoms with Gasteiger partial charge in [0, 0.05) is 29.6 Å². The molecule has 0 spiro atoms. The van der Waals surface area contributed by atoms with E-state index in [9.17, 15) is 4.79 Å². The first-order chi connectivity index (χ1) is 9.54. The largest absolute Gasteiger partial charge is 0.496 e. The van der Waals surface area contributed by atoms with Crippen molar-refractivity contribution in [3.8, 4) is 5.75 Å². The van der Waals surface area contributed by atoms with Gasteiger partial charge in [-0.25, -0.2) is 0 Å². The summed E-state index contributed by atoms with van der Waals surface area (Å²) in [6.45, 7) is 5.41. The van der Waals surface area contributed by atoms with Crippen molar-refractivity contribution in [2.45, 2.75) is 39.3 Å². The van der Waals surface area contributed by atoms with E-state index in [-0.39, 0.29) is 5.91 Å². The van der Waals surface area contributed by atoms with Crippen molar-refractivity contribution in [1.29, 1.82) is 0 Å². The van der Waals surface area contributed by atoms with E-state index in [4.69, 9.17) is 16.3 Å². The predicted octanol–water partition coefficient (Wildman–Crippen LogP) is 2.74. The standard InChI is InChI=1S/C15H23ClN2O2/c1-11(2)17-9-5-8-15(19)18-10-12-13(16)6-4-7-14(12)20-3/h4,6-7,11,17H,5,8-10H2,1-3H3,(H,18,19). The summed E-state index contributed by atoms with van der Waals surface area (Å²) < 4.78 is 5.24. The Hall–Kier alpha value is -1.26. The monoisotopic (exact) mass is 298 g/mol. The first kappa shape index (κ1) is 16.8. The molecule has 1 aromatic carbocycles. The smallest absolute Gasteiger partial charge is 0.220 e. The minimum absolute atomic E-state index is 0.0255. The van der Waals surface area contributed by atoms with Crippen molar-refractivity contribution in [3.05, 3.63) is 28.8 Å². The Morgan fingerprint density at radius 1 is 1.40 bits per heavy atom. The second kappa shape index (κ2) is 8.82. The summed E-state index contributed by atoms with van der Waals surface area (Å²) in [5.74, 6) is 0.719. The summed E-state index contributed by atoms with van der Waals surface area (Å²) >= 11 is 6.11. The number of carbonyl (C=O) groups is 1. The molecule has 5 heteroatoms. The molecule has 0 atom stereocenters. The minimum atomic E-state index is 0.0255. The maximum atomic E-state index is 11.7. The van der Waals surface area contributed by atoms with Crippen molar-refractivity contribution in [3.63, 3.8) is 0 Å². The lowest BCUT2D eigenvalue weighted by atomic mass is 10.2. The summed E-state index contributed by atoms with van der Waals surface area (Å²) in [4.78, 5) is 11.7. The van der Waals surface area contributed by atoms with Crippen LogP contribution in [0.2, 0.25) is 5.02 Å². The molecule has 2 N–H and O–H groups in total. The highest BCUT2D eigenvalue weighted by Gasteiger charge is 2.09. The van der Waals surface area contributed by atoms with Crippen molar-refractivity contribution >= 4 is 17.5 Å². The number of halogens is 1. The average Bonchev–Trinajstić information content (AvgIpc) is 2.41. The molecule has 0 saturated heterocycles. The summed E-state index contributed by atoms with van der Waals surface area (Å²) in [7, 11) is 1.59. The number of nitrogens with one attached hydrogen (secondary N) is 2.